The molecule has 0 unspecified atom stereocenters. The lowest BCUT2D eigenvalue weighted by atomic mass is 9.81. The molecule has 0 amide bonds. The van der Waals surface area contributed by atoms with Gasteiger partial charge in [-0.05, 0) is 7.05 Å². The van der Waals surface area contributed by atoms with Crippen LogP contribution in [0.2, 0.25) is 0 Å². The average molecular weight is 130 g/mol. The number of hydrogen-bond donors (Lipinski definition) is 2. The smallest absolute Gasteiger partial charge is 0.0524 e. The Balaban J connectivity index is 2.36. The van der Waals surface area contributed by atoms with Crippen molar-refractivity contribution in [2.24, 2.45) is 11.1 Å². The predicted octanol–water partition coefficient (Wildman–Crippen LogP) is -1.13. The molecule has 0 aromatic carbocycles. The molecule has 0 aliphatic carbocycles. The molecule has 3 nitrogen and oxygen atoms in total. The zero-order valence-corrected chi connectivity index (χ0v) is 5.80. The first-order valence-corrected chi connectivity index (χ1v) is 3.22. The fraction of sp³-hybridized carbons (Fsp3) is 1.00. The average Bonchev–Trinajstić information content (AvgIpc) is 1.81. The van der Waals surface area contributed by atoms with Crippen LogP contribution >= 0.6 is 0 Å². The fourth-order valence-electron chi connectivity index (χ4n) is 1.39. The quantitative estimate of drug-likeness (QED) is 0.497. The summed E-state index contributed by atoms with van der Waals surface area (Å²) in [5, 5.41) is 8.85. The van der Waals surface area contributed by atoms with Gasteiger partial charge in [-0.15, -0.1) is 0 Å². The third-order valence-corrected chi connectivity index (χ3v) is 1.98. The van der Waals surface area contributed by atoms with Crippen LogP contribution in [0.25, 0.3) is 0 Å². The minimum absolute atomic E-state index is 0.0365. The molecule has 0 bridgehead atoms. The molecular formula is C6H14N2O. The molecule has 0 spiro atoms. The van der Waals surface area contributed by atoms with Gasteiger partial charge in [-0.25, -0.2) is 0 Å². The normalized spacial score (nSPS) is 25.7. The predicted molar refractivity (Wildman–Crippen MR) is 36.1 cm³/mol. The second-order valence-electron chi connectivity index (χ2n) is 3.03. The maximum absolute atomic E-state index is 8.85. The van der Waals surface area contributed by atoms with E-state index in [9.17, 15) is 0 Å². The maximum Gasteiger partial charge on any atom is 0.0524 e. The first-order valence-electron chi connectivity index (χ1n) is 3.22. The van der Waals surface area contributed by atoms with Gasteiger partial charge in [0.2, 0.25) is 0 Å². The Morgan fingerprint density at radius 2 is 2.22 bits per heavy atom. The standard InChI is InChI=1S/C6H14N2O/c1-8-3-6(2-7,4-8)5-9/h9H,2-5,7H2,1H3. The van der Waals surface area contributed by atoms with Gasteiger partial charge in [-0.2, -0.15) is 0 Å². The van der Waals surface area contributed by atoms with Crippen LogP contribution in [0.15, 0.2) is 0 Å². The molecule has 9 heavy (non-hydrogen) atoms. The van der Waals surface area contributed by atoms with Gasteiger partial charge in [-0.1, -0.05) is 0 Å². The molecule has 1 aliphatic rings. The summed E-state index contributed by atoms with van der Waals surface area (Å²) >= 11 is 0. The van der Waals surface area contributed by atoms with E-state index < -0.39 is 0 Å². The van der Waals surface area contributed by atoms with E-state index in [1.54, 1.807) is 0 Å². The molecule has 54 valence electrons. The molecule has 1 heterocycles. The number of rotatable bonds is 2. The summed E-state index contributed by atoms with van der Waals surface area (Å²) in [6.07, 6.45) is 0. The molecule has 1 saturated heterocycles. The third kappa shape index (κ3) is 1.08. The van der Waals surface area contributed by atoms with E-state index in [0.717, 1.165) is 13.1 Å². The van der Waals surface area contributed by atoms with Crippen molar-refractivity contribution in [2.75, 3.05) is 33.3 Å². The van der Waals surface area contributed by atoms with E-state index >= 15 is 0 Å². The Bertz CT molecular complexity index is 93.2. The van der Waals surface area contributed by atoms with Crippen molar-refractivity contribution < 1.29 is 5.11 Å². The summed E-state index contributed by atoms with van der Waals surface area (Å²) in [5.74, 6) is 0. The summed E-state index contributed by atoms with van der Waals surface area (Å²) in [7, 11) is 2.03. The zero-order valence-electron chi connectivity index (χ0n) is 5.80. The molecule has 0 saturated carbocycles. The largest absolute Gasteiger partial charge is 0.396 e. The summed E-state index contributed by atoms with van der Waals surface area (Å²) in [4.78, 5) is 2.16. The van der Waals surface area contributed by atoms with Gasteiger partial charge >= 0.3 is 0 Å². The van der Waals surface area contributed by atoms with Crippen LogP contribution < -0.4 is 5.73 Å². The highest BCUT2D eigenvalue weighted by Crippen LogP contribution is 2.26. The van der Waals surface area contributed by atoms with E-state index in [1.807, 2.05) is 7.05 Å². The SMILES string of the molecule is CN1CC(CN)(CO)C1. The number of nitrogens with two attached hydrogens (primary N) is 1. The second kappa shape index (κ2) is 2.25. The Hall–Kier alpha value is -0.120. The van der Waals surface area contributed by atoms with Gasteiger partial charge in [0.25, 0.3) is 0 Å². The summed E-state index contributed by atoms with van der Waals surface area (Å²) in [6, 6.07) is 0. The van der Waals surface area contributed by atoms with Gasteiger partial charge in [0.1, 0.15) is 0 Å². The minimum Gasteiger partial charge on any atom is -0.396 e. The minimum atomic E-state index is 0.0365. The topological polar surface area (TPSA) is 49.5 Å². The fourth-order valence-corrected chi connectivity index (χ4v) is 1.39. The second-order valence-corrected chi connectivity index (χ2v) is 3.03. The van der Waals surface area contributed by atoms with Gasteiger partial charge in [0.05, 0.1) is 6.61 Å². The number of likely N-dealkylation sites (tertiary alicyclic amines) is 1. The highest BCUT2D eigenvalue weighted by Gasteiger charge is 2.38. The molecule has 0 atom stereocenters. The summed E-state index contributed by atoms with van der Waals surface area (Å²) in [5.41, 5.74) is 5.49. The van der Waals surface area contributed by atoms with Crippen molar-refractivity contribution in [1.82, 2.24) is 4.90 Å². The Morgan fingerprint density at radius 1 is 1.67 bits per heavy atom. The molecule has 0 radical (unpaired) electrons. The van der Waals surface area contributed by atoms with Gasteiger partial charge < -0.3 is 15.7 Å². The highest BCUT2D eigenvalue weighted by atomic mass is 16.3. The van der Waals surface area contributed by atoms with Crippen LogP contribution in [0.5, 0.6) is 0 Å². The van der Waals surface area contributed by atoms with Gasteiger partial charge in [0.15, 0.2) is 0 Å². The van der Waals surface area contributed by atoms with E-state index in [4.69, 9.17) is 10.8 Å². The van der Waals surface area contributed by atoms with E-state index in [-0.39, 0.29) is 12.0 Å². The van der Waals surface area contributed by atoms with Gasteiger partial charge in [0, 0.05) is 25.0 Å². The number of hydrogen-bond acceptors (Lipinski definition) is 3. The van der Waals surface area contributed by atoms with Crippen LogP contribution in [0, 0.1) is 5.41 Å². The number of aliphatic hydroxyl groups excluding tert-OH is 1. The van der Waals surface area contributed by atoms with Crippen LogP contribution in [0.3, 0.4) is 0 Å². The van der Waals surface area contributed by atoms with Crippen molar-refractivity contribution in [1.29, 1.82) is 0 Å². The molecule has 1 fully saturated rings. The summed E-state index contributed by atoms with van der Waals surface area (Å²) < 4.78 is 0. The first kappa shape index (κ1) is 6.99. The Kier molecular flexibility index (Phi) is 1.75. The van der Waals surface area contributed by atoms with Crippen LogP contribution in [0.1, 0.15) is 0 Å². The van der Waals surface area contributed by atoms with Crippen molar-refractivity contribution in [3.05, 3.63) is 0 Å². The molecule has 1 aliphatic heterocycles. The Labute approximate surface area is 55.5 Å². The van der Waals surface area contributed by atoms with Crippen molar-refractivity contribution >= 4 is 0 Å². The molecule has 0 aromatic heterocycles. The lowest BCUT2D eigenvalue weighted by molar-refractivity contribution is -0.0177. The lowest BCUT2D eigenvalue weighted by Crippen LogP contribution is -2.60. The Morgan fingerprint density at radius 3 is 2.33 bits per heavy atom. The number of aliphatic hydroxyl groups is 1. The molecule has 1 rings (SSSR count). The van der Waals surface area contributed by atoms with Crippen LogP contribution in [0.4, 0.5) is 0 Å². The van der Waals surface area contributed by atoms with Gasteiger partial charge in [-0.3, -0.25) is 0 Å². The van der Waals surface area contributed by atoms with Crippen molar-refractivity contribution in [3.8, 4) is 0 Å². The molecule has 3 heteroatoms. The van der Waals surface area contributed by atoms with Crippen LogP contribution in [-0.2, 0) is 0 Å². The first-order chi connectivity index (χ1) is 4.22. The van der Waals surface area contributed by atoms with Crippen LogP contribution in [-0.4, -0.2) is 43.3 Å². The third-order valence-electron chi connectivity index (χ3n) is 1.98. The van der Waals surface area contributed by atoms with E-state index in [1.165, 1.54) is 0 Å². The summed E-state index contributed by atoms with van der Waals surface area (Å²) in [6.45, 7) is 2.72. The van der Waals surface area contributed by atoms with E-state index in [2.05, 4.69) is 4.90 Å². The molecule has 0 aromatic rings. The number of nitrogens with zero attached hydrogens (tertiary/aromatic N) is 1. The monoisotopic (exact) mass is 130 g/mol. The molecular weight excluding hydrogens is 116 g/mol. The maximum atomic E-state index is 8.85. The van der Waals surface area contributed by atoms with Crippen molar-refractivity contribution in [2.45, 2.75) is 0 Å². The highest BCUT2D eigenvalue weighted by molar-refractivity contribution is 4.93. The zero-order chi connectivity index (χ0) is 6.91. The van der Waals surface area contributed by atoms with Crippen molar-refractivity contribution in [3.63, 3.8) is 0 Å². The van der Waals surface area contributed by atoms with E-state index in [0.29, 0.717) is 6.54 Å². The molecule has 3 N–H and O–H groups in total. The lowest BCUT2D eigenvalue weighted by Gasteiger charge is -2.46.